The van der Waals surface area contributed by atoms with Gasteiger partial charge in [0.25, 0.3) is 0 Å². The fourth-order valence-corrected chi connectivity index (χ4v) is 1.24. The van der Waals surface area contributed by atoms with Crippen molar-refractivity contribution in [3.63, 3.8) is 0 Å². The van der Waals surface area contributed by atoms with Crippen molar-refractivity contribution in [1.29, 1.82) is 0 Å². The highest BCUT2D eigenvalue weighted by molar-refractivity contribution is 5.46. The molecule has 0 saturated heterocycles. The second kappa shape index (κ2) is 3.57. The molecule has 1 aromatic rings. The molecule has 1 rings (SSSR count). The summed E-state index contributed by atoms with van der Waals surface area (Å²) in [6.45, 7) is 4.17. The standard InChI is InChI=1S/C10H16N2/c1-5-9-7-6-8(2)11-10(9)12(3)4/h6-7H,5H2,1-4H3. The molecule has 0 N–H and O–H groups in total. The van der Waals surface area contributed by atoms with Gasteiger partial charge in [-0.1, -0.05) is 13.0 Å². The van der Waals surface area contributed by atoms with Gasteiger partial charge in [-0.2, -0.15) is 0 Å². The zero-order valence-electron chi connectivity index (χ0n) is 8.26. The van der Waals surface area contributed by atoms with Gasteiger partial charge in [0.05, 0.1) is 0 Å². The van der Waals surface area contributed by atoms with Crippen LogP contribution in [0.5, 0.6) is 0 Å². The lowest BCUT2D eigenvalue weighted by atomic mass is 10.2. The Hall–Kier alpha value is -1.05. The predicted octanol–water partition coefficient (Wildman–Crippen LogP) is 2.02. The Bertz CT molecular complexity index is 267. The van der Waals surface area contributed by atoms with Crippen LogP contribution in [0.4, 0.5) is 5.82 Å². The van der Waals surface area contributed by atoms with Gasteiger partial charge in [-0.15, -0.1) is 0 Å². The largest absolute Gasteiger partial charge is 0.363 e. The molecular formula is C10H16N2. The Morgan fingerprint density at radius 2 is 2.00 bits per heavy atom. The lowest BCUT2D eigenvalue weighted by Crippen LogP contribution is -2.13. The third-order valence-electron chi connectivity index (χ3n) is 1.90. The lowest BCUT2D eigenvalue weighted by molar-refractivity contribution is 0.990. The molecular weight excluding hydrogens is 148 g/mol. The molecule has 0 aromatic carbocycles. The minimum atomic E-state index is 1.04. The van der Waals surface area contributed by atoms with E-state index in [2.05, 4.69) is 28.9 Å². The molecule has 12 heavy (non-hydrogen) atoms. The molecule has 0 fully saturated rings. The van der Waals surface area contributed by atoms with Gasteiger partial charge < -0.3 is 4.90 Å². The van der Waals surface area contributed by atoms with Gasteiger partial charge in [-0.3, -0.25) is 0 Å². The van der Waals surface area contributed by atoms with E-state index < -0.39 is 0 Å². The minimum absolute atomic E-state index is 1.04. The average Bonchev–Trinajstić information content (AvgIpc) is 2.04. The Kier molecular flexibility index (Phi) is 2.69. The van der Waals surface area contributed by atoms with E-state index in [0.29, 0.717) is 0 Å². The first kappa shape index (κ1) is 9.04. The molecule has 0 aliphatic rings. The van der Waals surface area contributed by atoms with E-state index >= 15 is 0 Å². The van der Waals surface area contributed by atoms with Crippen molar-refractivity contribution in [2.24, 2.45) is 0 Å². The fourth-order valence-electron chi connectivity index (χ4n) is 1.24. The van der Waals surface area contributed by atoms with Crippen LogP contribution in [0.25, 0.3) is 0 Å². The monoisotopic (exact) mass is 164 g/mol. The number of hydrogen-bond donors (Lipinski definition) is 0. The normalized spacial score (nSPS) is 10.0. The minimum Gasteiger partial charge on any atom is -0.363 e. The van der Waals surface area contributed by atoms with Gasteiger partial charge in [0.1, 0.15) is 5.82 Å². The molecule has 0 unspecified atom stereocenters. The first-order valence-electron chi connectivity index (χ1n) is 4.29. The molecule has 2 nitrogen and oxygen atoms in total. The van der Waals surface area contributed by atoms with Gasteiger partial charge in [0.2, 0.25) is 0 Å². The van der Waals surface area contributed by atoms with Crippen LogP contribution >= 0.6 is 0 Å². The fraction of sp³-hybridized carbons (Fsp3) is 0.500. The zero-order valence-corrected chi connectivity index (χ0v) is 8.26. The SMILES string of the molecule is CCc1ccc(C)nc1N(C)C. The van der Waals surface area contributed by atoms with E-state index in [-0.39, 0.29) is 0 Å². The highest BCUT2D eigenvalue weighted by Crippen LogP contribution is 2.16. The molecule has 1 heterocycles. The lowest BCUT2D eigenvalue weighted by Gasteiger charge is -2.15. The maximum Gasteiger partial charge on any atom is 0.131 e. The maximum absolute atomic E-state index is 4.47. The summed E-state index contributed by atoms with van der Waals surface area (Å²) in [6, 6.07) is 4.21. The molecule has 0 aliphatic carbocycles. The molecule has 0 bridgehead atoms. The van der Waals surface area contributed by atoms with E-state index in [1.165, 1.54) is 5.56 Å². The van der Waals surface area contributed by atoms with Crippen molar-refractivity contribution < 1.29 is 0 Å². The Morgan fingerprint density at radius 3 is 2.50 bits per heavy atom. The summed E-state index contributed by atoms with van der Waals surface area (Å²) in [5, 5.41) is 0. The molecule has 0 radical (unpaired) electrons. The topological polar surface area (TPSA) is 16.1 Å². The quantitative estimate of drug-likeness (QED) is 0.664. The van der Waals surface area contributed by atoms with Gasteiger partial charge in [-0.25, -0.2) is 4.98 Å². The van der Waals surface area contributed by atoms with E-state index in [1.807, 2.05) is 21.0 Å². The summed E-state index contributed by atoms with van der Waals surface area (Å²) in [5.74, 6) is 1.09. The molecule has 0 amide bonds. The van der Waals surface area contributed by atoms with Crippen LogP contribution in [0.15, 0.2) is 12.1 Å². The maximum atomic E-state index is 4.47. The first-order chi connectivity index (χ1) is 5.65. The second-order valence-electron chi connectivity index (χ2n) is 3.18. The molecule has 2 heteroatoms. The number of pyridine rings is 1. The van der Waals surface area contributed by atoms with Crippen LogP contribution in [0, 0.1) is 6.92 Å². The van der Waals surface area contributed by atoms with Crippen molar-refractivity contribution in [2.45, 2.75) is 20.3 Å². The van der Waals surface area contributed by atoms with Gasteiger partial charge >= 0.3 is 0 Å². The van der Waals surface area contributed by atoms with Crippen molar-refractivity contribution in [1.82, 2.24) is 4.98 Å². The van der Waals surface area contributed by atoms with Gasteiger partial charge in [0, 0.05) is 19.8 Å². The van der Waals surface area contributed by atoms with E-state index in [9.17, 15) is 0 Å². The number of aromatic nitrogens is 1. The van der Waals surface area contributed by atoms with Crippen LogP contribution in [0.2, 0.25) is 0 Å². The van der Waals surface area contributed by atoms with Crippen molar-refractivity contribution in [3.05, 3.63) is 23.4 Å². The second-order valence-corrected chi connectivity index (χ2v) is 3.18. The first-order valence-corrected chi connectivity index (χ1v) is 4.29. The average molecular weight is 164 g/mol. The summed E-state index contributed by atoms with van der Waals surface area (Å²) < 4.78 is 0. The Labute approximate surface area is 74.2 Å². The highest BCUT2D eigenvalue weighted by atomic mass is 15.1. The Balaban J connectivity index is 3.12. The van der Waals surface area contributed by atoms with E-state index in [4.69, 9.17) is 0 Å². The predicted molar refractivity (Wildman–Crippen MR) is 52.7 cm³/mol. The van der Waals surface area contributed by atoms with Crippen LogP contribution < -0.4 is 4.90 Å². The van der Waals surface area contributed by atoms with Crippen molar-refractivity contribution in [3.8, 4) is 0 Å². The number of nitrogens with zero attached hydrogens (tertiary/aromatic N) is 2. The van der Waals surface area contributed by atoms with Crippen LogP contribution in [-0.4, -0.2) is 19.1 Å². The van der Waals surface area contributed by atoms with E-state index in [0.717, 1.165) is 17.9 Å². The molecule has 0 atom stereocenters. The summed E-state index contributed by atoms with van der Waals surface area (Å²) in [6.07, 6.45) is 1.04. The third-order valence-corrected chi connectivity index (χ3v) is 1.90. The van der Waals surface area contributed by atoms with Crippen LogP contribution in [-0.2, 0) is 6.42 Å². The third kappa shape index (κ3) is 1.76. The Morgan fingerprint density at radius 1 is 1.33 bits per heavy atom. The smallest absolute Gasteiger partial charge is 0.131 e. The number of rotatable bonds is 2. The molecule has 66 valence electrons. The molecule has 0 aliphatic heterocycles. The van der Waals surface area contributed by atoms with Crippen molar-refractivity contribution in [2.75, 3.05) is 19.0 Å². The summed E-state index contributed by atoms with van der Waals surface area (Å²) in [5.41, 5.74) is 2.39. The van der Waals surface area contributed by atoms with Crippen LogP contribution in [0.1, 0.15) is 18.2 Å². The molecule has 0 saturated carbocycles. The van der Waals surface area contributed by atoms with Gasteiger partial charge in [0.15, 0.2) is 0 Å². The summed E-state index contributed by atoms with van der Waals surface area (Å²) >= 11 is 0. The highest BCUT2D eigenvalue weighted by Gasteiger charge is 2.03. The molecule has 0 spiro atoms. The number of anilines is 1. The van der Waals surface area contributed by atoms with Gasteiger partial charge in [-0.05, 0) is 25.0 Å². The van der Waals surface area contributed by atoms with Crippen molar-refractivity contribution >= 4 is 5.82 Å². The zero-order chi connectivity index (χ0) is 9.14. The molecule has 1 aromatic heterocycles. The van der Waals surface area contributed by atoms with E-state index in [1.54, 1.807) is 0 Å². The number of aryl methyl sites for hydroxylation is 2. The number of hydrogen-bond acceptors (Lipinski definition) is 2. The summed E-state index contributed by atoms with van der Waals surface area (Å²) in [4.78, 5) is 6.53. The van der Waals surface area contributed by atoms with Crippen LogP contribution in [0.3, 0.4) is 0 Å². The summed E-state index contributed by atoms with van der Waals surface area (Å²) in [7, 11) is 4.06.